The molecule has 1 heterocycles. The van der Waals surface area contributed by atoms with E-state index in [0.29, 0.717) is 5.95 Å². The second-order valence-corrected chi connectivity index (χ2v) is 3.78. The zero-order valence-electron chi connectivity index (χ0n) is 9.17. The second kappa shape index (κ2) is 3.92. The van der Waals surface area contributed by atoms with Crippen molar-refractivity contribution in [3.8, 4) is 0 Å². The van der Waals surface area contributed by atoms with Crippen molar-refractivity contribution in [1.82, 2.24) is 9.97 Å². The molecule has 0 aliphatic heterocycles. The molecule has 0 saturated heterocycles. The summed E-state index contributed by atoms with van der Waals surface area (Å²) in [6, 6.07) is 17.6. The van der Waals surface area contributed by atoms with Gasteiger partial charge >= 0.3 is 0 Å². The standard InChI is InChI=1S/C13H12N4/c14-17(10-6-2-1-3-7-10)13-15-11-8-4-5-9-12(11)16-13/h1-9H,14H2,(H,15,16). The number of H-pyrrole nitrogens is 1. The van der Waals surface area contributed by atoms with Crippen LogP contribution in [0, 0.1) is 0 Å². The molecule has 0 bridgehead atoms. The highest BCUT2D eigenvalue weighted by atomic mass is 15.5. The molecule has 1 aromatic heterocycles. The lowest BCUT2D eigenvalue weighted by Gasteiger charge is -2.14. The molecule has 3 rings (SSSR count). The molecule has 0 saturated carbocycles. The minimum absolute atomic E-state index is 0.636. The SMILES string of the molecule is NN(c1ccccc1)c1nc2ccccc2[nH]1. The van der Waals surface area contributed by atoms with Crippen molar-refractivity contribution in [2.75, 3.05) is 5.01 Å². The maximum atomic E-state index is 6.02. The highest BCUT2D eigenvalue weighted by Gasteiger charge is 2.08. The number of hydrazine groups is 1. The van der Waals surface area contributed by atoms with E-state index in [2.05, 4.69) is 9.97 Å². The number of aromatic nitrogens is 2. The Morgan fingerprint density at radius 2 is 1.65 bits per heavy atom. The molecule has 2 aromatic carbocycles. The number of rotatable bonds is 2. The number of nitrogens with two attached hydrogens (primary N) is 1. The topological polar surface area (TPSA) is 57.9 Å². The molecule has 0 aliphatic carbocycles. The van der Waals surface area contributed by atoms with E-state index in [1.54, 1.807) is 5.01 Å². The van der Waals surface area contributed by atoms with Gasteiger partial charge in [0, 0.05) is 0 Å². The molecule has 3 aromatic rings. The maximum Gasteiger partial charge on any atom is 0.223 e. The van der Waals surface area contributed by atoms with Gasteiger partial charge in [-0.05, 0) is 24.3 Å². The number of hydrogen-bond acceptors (Lipinski definition) is 3. The fraction of sp³-hybridized carbons (Fsp3) is 0. The molecule has 84 valence electrons. The van der Waals surface area contributed by atoms with Crippen LogP contribution in [0.2, 0.25) is 0 Å². The largest absolute Gasteiger partial charge is 0.323 e. The van der Waals surface area contributed by atoms with Crippen molar-refractivity contribution in [1.29, 1.82) is 0 Å². The number of anilines is 2. The Kier molecular flexibility index (Phi) is 2.27. The molecule has 4 nitrogen and oxygen atoms in total. The van der Waals surface area contributed by atoms with Crippen LogP contribution in [0.25, 0.3) is 11.0 Å². The van der Waals surface area contributed by atoms with Crippen molar-refractivity contribution >= 4 is 22.7 Å². The van der Waals surface area contributed by atoms with E-state index in [1.165, 1.54) is 0 Å². The Hall–Kier alpha value is -2.33. The lowest BCUT2D eigenvalue weighted by molar-refractivity contribution is 1.02. The summed E-state index contributed by atoms with van der Waals surface area (Å²) in [5.41, 5.74) is 2.79. The van der Waals surface area contributed by atoms with Gasteiger partial charge in [-0.15, -0.1) is 0 Å². The summed E-state index contributed by atoms with van der Waals surface area (Å²) in [6.07, 6.45) is 0. The number of aromatic amines is 1. The van der Waals surface area contributed by atoms with E-state index in [1.807, 2.05) is 54.6 Å². The molecule has 4 heteroatoms. The Morgan fingerprint density at radius 3 is 2.41 bits per heavy atom. The minimum atomic E-state index is 0.636. The molecule has 0 radical (unpaired) electrons. The first-order valence-electron chi connectivity index (χ1n) is 5.39. The van der Waals surface area contributed by atoms with Gasteiger partial charge in [0.2, 0.25) is 5.95 Å². The van der Waals surface area contributed by atoms with Crippen LogP contribution in [0.3, 0.4) is 0 Å². The summed E-state index contributed by atoms with van der Waals surface area (Å²) in [6.45, 7) is 0. The van der Waals surface area contributed by atoms with Gasteiger partial charge < -0.3 is 4.98 Å². The second-order valence-electron chi connectivity index (χ2n) is 3.78. The first kappa shape index (κ1) is 9.86. The van der Waals surface area contributed by atoms with Crippen molar-refractivity contribution in [2.45, 2.75) is 0 Å². The van der Waals surface area contributed by atoms with Gasteiger partial charge in [-0.25, -0.2) is 15.8 Å². The first-order chi connectivity index (χ1) is 8.34. The average molecular weight is 224 g/mol. The number of para-hydroxylation sites is 3. The zero-order chi connectivity index (χ0) is 11.7. The lowest BCUT2D eigenvalue weighted by Crippen LogP contribution is -2.25. The third kappa shape index (κ3) is 1.74. The molecular formula is C13H12N4. The number of imidazole rings is 1. The quantitative estimate of drug-likeness (QED) is 0.519. The van der Waals surface area contributed by atoms with E-state index in [-0.39, 0.29) is 0 Å². The number of nitrogens with zero attached hydrogens (tertiary/aromatic N) is 2. The van der Waals surface area contributed by atoms with Crippen molar-refractivity contribution in [2.24, 2.45) is 5.84 Å². The van der Waals surface area contributed by atoms with Gasteiger partial charge in [0.05, 0.1) is 16.7 Å². The predicted molar refractivity (Wildman–Crippen MR) is 68.9 cm³/mol. The Bertz CT molecular complexity index is 597. The molecule has 0 fully saturated rings. The normalized spacial score (nSPS) is 10.6. The summed E-state index contributed by atoms with van der Waals surface area (Å²) in [4.78, 5) is 7.62. The van der Waals surface area contributed by atoms with Gasteiger partial charge in [0.15, 0.2) is 0 Å². The summed E-state index contributed by atoms with van der Waals surface area (Å²) in [7, 11) is 0. The number of nitrogens with one attached hydrogen (secondary N) is 1. The Balaban J connectivity index is 2.04. The molecular weight excluding hydrogens is 212 g/mol. The number of hydrogen-bond donors (Lipinski definition) is 2. The van der Waals surface area contributed by atoms with E-state index >= 15 is 0 Å². The fourth-order valence-corrected chi connectivity index (χ4v) is 1.76. The van der Waals surface area contributed by atoms with Crippen LogP contribution in [0.1, 0.15) is 0 Å². The van der Waals surface area contributed by atoms with Crippen LogP contribution in [-0.4, -0.2) is 9.97 Å². The van der Waals surface area contributed by atoms with Gasteiger partial charge in [0.1, 0.15) is 0 Å². The molecule has 0 spiro atoms. The van der Waals surface area contributed by atoms with Crippen molar-refractivity contribution < 1.29 is 0 Å². The first-order valence-corrected chi connectivity index (χ1v) is 5.39. The van der Waals surface area contributed by atoms with Crippen molar-refractivity contribution in [3.05, 3.63) is 54.6 Å². The third-order valence-corrected chi connectivity index (χ3v) is 2.64. The monoisotopic (exact) mass is 224 g/mol. The summed E-state index contributed by atoms with van der Waals surface area (Å²) in [5.74, 6) is 6.66. The predicted octanol–water partition coefficient (Wildman–Crippen LogP) is 2.57. The molecule has 17 heavy (non-hydrogen) atoms. The van der Waals surface area contributed by atoms with Crippen LogP contribution in [0.5, 0.6) is 0 Å². The Morgan fingerprint density at radius 1 is 0.941 bits per heavy atom. The van der Waals surface area contributed by atoms with Crippen molar-refractivity contribution in [3.63, 3.8) is 0 Å². The van der Waals surface area contributed by atoms with E-state index < -0.39 is 0 Å². The third-order valence-electron chi connectivity index (χ3n) is 2.64. The lowest BCUT2D eigenvalue weighted by atomic mass is 10.3. The Labute approximate surface area is 98.7 Å². The van der Waals surface area contributed by atoms with Gasteiger partial charge in [0.25, 0.3) is 0 Å². The maximum absolute atomic E-state index is 6.02. The van der Waals surface area contributed by atoms with Gasteiger partial charge in [-0.2, -0.15) is 0 Å². The number of benzene rings is 2. The van der Waals surface area contributed by atoms with Gasteiger partial charge in [-0.3, -0.25) is 0 Å². The van der Waals surface area contributed by atoms with E-state index in [9.17, 15) is 0 Å². The highest BCUT2D eigenvalue weighted by Crippen LogP contribution is 2.21. The number of fused-ring (bicyclic) bond motifs is 1. The summed E-state index contributed by atoms with van der Waals surface area (Å²) >= 11 is 0. The molecule has 0 atom stereocenters. The van der Waals surface area contributed by atoms with Crippen LogP contribution in [0.15, 0.2) is 54.6 Å². The molecule has 0 aliphatic rings. The zero-order valence-corrected chi connectivity index (χ0v) is 9.17. The highest BCUT2D eigenvalue weighted by molar-refractivity contribution is 5.78. The van der Waals surface area contributed by atoms with Crippen LogP contribution >= 0.6 is 0 Å². The van der Waals surface area contributed by atoms with Gasteiger partial charge in [-0.1, -0.05) is 30.3 Å². The molecule has 0 unspecified atom stereocenters. The summed E-state index contributed by atoms with van der Waals surface area (Å²) in [5, 5.41) is 1.54. The van der Waals surface area contributed by atoms with Crippen LogP contribution < -0.4 is 10.9 Å². The average Bonchev–Trinajstić information content (AvgIpc) is 2.82. The smallest absolute Gasteiger partial charge is 0.223 e. The van der Waals surface area contributed by atoms with E-state index in [0.717, 1.165) is 16.7 Å². The van der Waals surface area contributed by atoms with Crippen LogP contribution in [0.4, 0.5) is 11.6 Å². The van der Waals surface area contributed by atoms with Crippen LogP contribution in [-0.2, 0) is 0 Å². The fourth-order valence-electron chi connectivity index (χ4n) is 1.76. The minimum Gasteiger partial charge on any atom is -0.323 e. The molecule has 3 N–H and O–H groups in total. The molecule has 0 amide bonds. The summed E-state index contributed by atoms with van der Waals surface area (Å²) < 4.78 is 0. The van der Waals surface area contributed by atoms with E-state index in [4.69, 9.17) is 5.84 Å².